The molecule has 0 bridgehead atoms. The number of methoxy groups -OCH3 is 1. The second-order valence-corrected chi connectivity index (χ2v) is 11.5. The Kier molecular flexibility index (Phi) is 12.3. The molecule has 4 aromatic rings. The van der Waals surface area contributed by atoms with Crippen molar-refractivity contribution in [3.05, 3.63) is 102 Å². The van der Waals surface area contributed by atoms with Gasteiger partial charge in [-0.15, -0.1) is 0 Å². The summed E-state index contributed by atoms with van der Waals surface area (Å²) in [6.07, 6.45) is 0.0107. The number of fused-ring (bicyclic) bond motifs is 1. The quantitative estimate of drug-likeness (QED) is 0.124. The van der Waals surface area contributed by atoms with Crippen LogP contribution in [0, 0.1) is 0 Å². The van der Waals surface area contributed by atoms with Crippen LogP contribution in [0.2, 0.25) is 0 Å². The molecule has 1 atom stereocenters. The summed E-state index contributed by atoms with van der Waals surface area (Å²) in [5.41, 5.74) is 4.83. The second kappa shape index (κ2) is 17.0. The second-order valence-electron chi connectivity index (χ2n) is 11.5. The van der Waals surface area contributed by atoms with E-state index in [9.17, 15) is 9.59 Å². The molecule has 0 N–H and O–H groups in total. The lowest BCUT2D eigenvalue weighted by molar-refractivity contribution is -0.147. The molecule has 248 valence electrons. The zero-order chi connectivity index (χ0) is 33.0. The molecule has 5 rings (SSSR count). The first-order valence-corrected chi connectivity index (χ1v) is 16.1. The van der Waals surface area contributed by atoms with E-state index in [1.807, 2.05) is 67.4 Å². The lowest BCUT2D eigenvalue weighted by atomic mass is 9.99. The smallest absolute Gasteiger partial charge is 0.253 e. The zero-order valence-electron chi connectivity index (χ0n) is 27.5. The lowest BCUT2D eigenvalue weighted by Crippen LogP contribution is -2.47. The largest absolute Gasteiger partial charge is 0.468 e. The first-order chi connectivity index (χ1) is 22.9. The molecule has 4 aromatic carbocycles. The molecule has 0 radical (unpaired) electrons. The summed E-state index contributed by atoms with van der Waals surface area (Å²) in [6, 6.07) is 28.0. The first-order valence-electron chi connectivity index (χ1n) is 16.1. The monoisotopic (exact) mass is 640 g/mol. The van der Waals surface area contributed by atoms with Crippen LogP contribution in [0.3, 0.4) is 0 Å². The number of rotatable bonds is 15. The zero-order valence-corrected chi connectivity index (χ0v) is 27.5. The van der Waals surface area contributed by atoms with Gasteiger partial charge in [-0.3, -0.25) is 9.59 Å². The van der Waals surface area contributed by atoms with Crippen molar-refractivity contribution >= 4 is 22.6 Å². The third kappa shape index (κ3) is 9.39. The van der Waals surface area contributed by atoms with E-state index in [1.165, 1.54) is 0 Å². The van der Waals surface area contributed by atoms with Crippen LogP contribution in [0.4, 0.5) is 0 Å². The SMILES string of the molecule is CCOC(Cc1ccc(-c2cccc(CN(C)C(=O)c3ccc4cc(OCOCCOC)ccc4c3)c2)cc1)C(=O)N1CCOCC1. The van der Waals surface area contributed by atoms with E-state index in [4.69, 9.17) is 23.7 Å². The van der Waals surface area contributed by atoms with Crippen LogP contribution in [-0.2, 0) is 36.7 Å². The number of hydrogen-bond donors (Lipinski definition) is 0. The van der Waals surface area contributed by atoms with Gasteiger partial charge in [-0.1, -0.05) is 54.6 Å². The summed E-state index contributed by atoms with van der Waals surface area (Å²) < 4.78 is 27.3. The summed E-state index contributed by atoms with van der Waals surface area (Å²) in [5, 5.41) is 1.94. The summed E-state index contributed by atoms with van der Waals surface area (Å²) >= 11 is 0. The molecular formula is C38H44N2O7. The van der Waals surface area contributed by atoms with Gasteiger partial charge < -0.3 is 33.5 Å². The van der Waals surface area contributed by atoms with Gasteiger partial charge in [0.25, 0.3) is 11.8 Å². The van der Waals surface area contributed by atoms with Gasteiger partial charge in [0, 0.05) is 52.4 Å². The van der Waals surface area contributed by atoms with Crippen LogP contribution >= 0.6 is 0 Å². The van der Waals surface area contributed by atoms with Crippen molar-refractivity contribution in [2.75, 3.05) is 67.1 Å². The van der Waals surface area contributed by atoms with E-state index < -0.39 is 6.10 Å². The highest BCUT2D eigenvalue weighted by Gasteiger charge is 2.26. The minimum atomic E-state index is -0.508. The summed E-state index contributed by atoms with van der Waals surface area (Å²) in [7, 11) is 3.45. The van der Waals surface area contributed by atoms with Crippen molar-refractivity contribution in [2.45, 2.75) is 26.0 Å². The van der Waals surface area contributed by atoms with E-state index in [2.05, 4.69) is 36.4 Å². The Bertz CT molecular complexity index is 1620. The molecule has 1 saturated heterocycles. The number of carbonyl (C=O) groups is 2. The predicted molar refractivity (Wildman–Crippen MR) is 181 cm³/mol. The van der Waals surface area contributed by atoms with Crippen LogP contribution in [-0.4, -0.2) is 94.8 Å². The molecule has 2 amide bonds. The van der Waals surface area contributed by atoms with Crippen LogP contribution in [0.1, 0.15) is 28.4 Å². The number of benzene rings is 4. The molecule has 0 saturated carbocycles. The summed E-state index contributed by atoms with van der Waals surface area (Å²) in [5.74, 6) is 0.673. The summed E-state index contributed by atoms with van der Waals surface area (Å²) in [4.78, 5) is 30.0. The third-order valence-electron chi connectivity index (χ3n) is 8.17. The van der Waals surface area contributed by atoms with Crippen molar-refractivity contribution in [1.29, 1.82) is 0 Å². The number of ether oxygens (including phenoxy) is 5. The molecule has 1 heterocycles. The Morgan fingerprint density at radius 3 is 2.40 bits per heavy atom. The number of hydrogen-bond acceptors (Lipinski definition) is 7. The van der Waals surface area contributed by atoms with E-state index in [0.29, 0.717) is 70.4 Å². The van der Waals surface area contributed by atoms with E-state index in [-0.39, 0.29) is 18.6 Å². The Morgan fingerprint density at radius 2 is 1.64 bits per heavy atom. The lowest BCUT2D eigenvalue weighted by Gasteiger charge is -2.30. The molecular weight excluding hydrogens is 596 g/mol. The molecule has 1 unspecified atom stereocenters. The highest BCUT2D eigenvalue weighted by Crippen LogP contribution is 2.25. The van der Waals surface area contributed by atoms with Crippen molar-refractivity contribution in [3.63, 3.8) is 0 Å². The van der Waals surface area contributed by atoms with E-state index >= 15 is 0 Å². The van der Waals surface area contributed by atoms with Gasteiger partial charge in [-0.2, -0.15) is 0 Å². The topological polar surface area (TPSA) is 86.8 Å². The van der Waals surface area contributed by atoms with Crippen LogP contribution < -0.4 is 4.74 Å². The van der Waals surface area contributed by atoms with Gasteiger partial charge in [-0.05, 0) is 70.3 Å². The van der Waals surface area contributed by atoms with Gasteiger partial charge in [0.1, 0.15) is 11.9 Å². The Hall–Kier alpha value is -4.28. The van der Waals surface area contributed by atoms with Crippen LogP contribution in [0.5, 0.6) is 5.75 Å². The molecule has 47 heavy (non-hydrogen) atoms. The first kappa shape index (κ1) is 34.1. The maximum Gasteiger partial charge on any atom is 0.253 e. The molecule has 0 spiro atoms. The summed E-state index contributed by atoms with van der Waals surface area (Å²) in [6.45, 7) is 6.33. The molecule has 1 aliphatic heterocycles. The Morgan fingerprint density at radius 1 is 0.872 bits per heavy atom. The number of carbonyl (C=O) groups excluding carboxylic acids is 2. The average Bonchev–Trinajstić information content (AvgIpc) is 3.11. The molecule has 9 nitrogen and oxygen atoms in total. The van der Waals surface area contributed by atoms with Crippen molar-refractivity contribution in [3.8, 4) is 16.9 Å². The van der Waals surface area contributed by atoms with E-state index in [0.717, 1.165) is 33.0 Å². The normalized spacial score (nSPS) is 13.8. The number of amides is 2. The maximum absolute atomic E-state index is 13.4. The van der Waals surface area contributed by atoms with Crippen LogP contribution in [0.15, 0.2) is 84.9 Å². The maximum atomic E-state index is 13.4. The standard InChI is InChI=1S/C38H44N2O7/c1-4-46-36(38(42)40-16-18-44-19-17-40)23-28-8-10-30(11-9-28)31-7-5-6-29(22-31)26-39(2)37(41)34-13-12-33-25-35(15-14-32(33)24-34)47-27-45-21-20-43-3/h5-15,22,24-25,36H,4,16-21,23,26-27H2,1-3H3. The molecule has 0 aromatic heterocycles. The van der Waals surface area contributed by atoms with Gasteiger partial charge in [-0.25, -0.2) is 0 Å². The third-order valence-corrected chi connectivity index (χ3v) is 8.17. The fraction of sp³-hybridized carbons (Fsp3) is 0.368. The van der Waals surface area contributed by atoms with Crippen molar-refractivity contribution in [1.82, 2.24) is 9.80 Å². The van der Waals surface area contributed by atoms with Gasteiger partial charge in [0.2, 0.25) is 0 Å². The highest BCUT2D eigenvalue weighted by molar-refractivity contribution is 5.98. The van der Waals surface area contributed by atoms with Gasteiger partial charge >= 0.3 is 0 Å². The van der Waals surface area contributed by atoms with E-state index in [1.54, 1.807) is 12.0 Å². The fourth-order valence-electron chi connectivity index (χ4n) is 5.63. The van der Waals surface area contributed by atoms with Crippen molar-refractivity contribution in [2.24, 2.45) is 0 Å². The minimum absolute atomic E-state index is 0.0219. The Balaban J connectivity index is 1.19. The molecule has 1 fully saturated rings. The minimum Gasteiger partial charge on any atom is -0.468 e. The molecule has 9 heteroatoms. The average molecular weight is 641 g/mol. The molecule has 1 aliphatic rings. The fourth-order valence-corrected chi connectivity index (χ4v) is 5.63. The Labute approximate surface area is 276 Å². The van der Waals surface area contributed by atoms with Gasteiger partial charge in [0.15, 0.2) is 6.79 Å². The number of nitrogens with zero attached hydrogens (tertiary/aromatic N) is 2. The number of morpholine rings is 1. The van der Waals surface area contributed by atoms with Crippen molar-refractivity contribution < 1.29 is 33.3 Å². The van der Waals surface area contributed by atoms with Gasteiger partial charge in [0.05, 0.1) is 26.4 Å². The highest BCUT2D eigenvalue weighted by atomic mass is 16.7. The predicted octanol–water partition coefficient (Wildman–Crippen LogP) is 5.58. The van der Waals surface area contributed by atoms with Crippen LogP contribution in [0.25, 0.3) is 21.9 Å². The molecule has 0 aliphatic carbocycles.